The van der Waals surface area contributed by atoms with Crippen molar-refractivity contribution in [3.8, 4) is 11.5 Å². The number of ether oxygens (including phenoxy) is 2. The molecule has 3 N–H and O–H groups in total. The van der Waals surface area contributed by atoms with Crippen LogP contribution in [0.5, 0.6) is 11.5 Å². The normalized spacial score (nSPS) is 9.88. The number of carbonyl (C=O) groups excluding carboxylic acids is 2. The van der Waals surface area contributed by atoms with Crippen LogP contribution < -0.4 is 20.1 Å². The van der Waals surface area contributed by atoms with Crippen LogP contribution in [0.1, 0.15) is 10.4 Å². The first-order valence-corrected chi connectivity index (χ1v) is 7.69. The highest BCUT2D eigenvalue weighted by molar-refractivity contribution is 6.39. The maximum Gasteiger partial charge on any atom is 0.335 e. The third-order valence-electron chi connectivity index (χ3n) is 3.31. The lowest BCUT2D eigenvalue weighted by Gasteiger charge is -2.11. The molecule has 0 bridgehead atoms. The number of benzene rings is 2. The summed E-state index contributed by atoms with van der Waals surface area (Å²) >= 11 is 0. The van der Waals surface area contributed by atoms with Gasteiger partial charge in [0.05, 0.1) is 19.2 Å². The molecular formula is C18H18N2O6. The van der Waals surface area contributed by atoms with E-state index in [0.29, 0.717) is 17.2 Å². The Hall–Kier alpha value is -3.55. The van der Waals surface area contributed by atoms with Crippen molar-refractivity contribution in [2.75, 3.05) is 25.6 Å². The third kappa shape index (κ3) is 5.23. The standard InChI is InChI=1S/C18H18N2O6/c1-25-14-4-2-3-5-15(14)26-11-10-19-16(21)17(22)20-13-8-6-12(7-9-13)18(23)24/h2-9H,10-11H2,1H3,(H,19,21)(H,20,22)(H,23,24). The van der Waals surface area contributed by atoms with Gasteiger partial charge < -0.3 is 25.2 Å². The lowest BCUT2D eigenvalue weighted by molar-refractivity contribution is -0.136. The molecule has 0 spiro atoms. The van der Waals surface area contributed by atoms with Crippen LogP contribution in [-0.2, 0) is 9.59 Å². The SMILES string of the molecule is COc1ccccc1OCCNC(=O)C(=O)Nc1ccc(C(=O)O)cc1. The quantitative estimate of drug-likeness (QED) is 0.511. The van der Waals surface area contributed by atoms with Crippen LogP contribution in [0.15, 0.2) is 48.5 Å². The molecule has 0 atom stereocenters. The molecule has 0 aliphatic carbocycles. The Balaban J connectivity index is 1.76. The molecule has 2 amide bonds. The highest BCUT2D eigenvalue weighted by Gasteiger charge is 2.13. The predicted molar refractivity (Wildman–Crippen MR) is 93.5 cm³/mol. The molecular weight excluding hydrogens is 340 g/mol. The molecule has 0 fully saturated rings. The number of para-hydroxylation sites is 2. The second kappa shape index (κ2) is 9.07. The van der Waals surface area contributed by atoms with Gasteiger partial charge in [-0.2, -0.15) is 0 Å². The minimum atomic E-state index is -1.07. The molecule has 0 saturated heterocycles. The third-order valence-corrected chi connectivity index (χ3v) is 3.31. The highest BCUT2D eigenvalue weighted by Crippen LogP contribution is 2.25. The Kier molecular flexibility index (Phi) is 6.55. The second-order valence-corrected chi connectivity index (χ2v) is 5.09. The number of hydrogen-bond donors (Lipinski definition) is 3. The summed E-state index contributed by atoms with van der Waals surface area (Å²) in [6.45, 7) is 0.287. The van der Waals surface area contributed by atoms with Gasteiger partial charge >= 0.3 is 17.8 Å². The molecule has 0 aliphatic rings. The van der Waals surface area contributed by atoms with E-state index in [9.17, 15) is 14.4 Å². The van der Waals surface area contributed by atoms with Gasteiger partial charge in [0.15, 0.2) is 11.5 Å². The number of hydrogen-bond acceptors (Lipinski definition) is 5. The monoisotopic (exact) mass is 358 g/mol. The van der Waals surface area contributed by atoms with Crippen molar-refractivity contribution in [3.63, 3.8) is 0 Å². The van der Waals surface area contributed by atoms with Crippen molar-refractivity contribution in [3.05, 3.63) is 54.1 Å². The summed E-state index contributed by atoms with van der Waals surface area (Å²) in [4.78, 5) is 34.3. The molecule has 26 heavy (non-hydrogen) atoms. The minimum absolute atomic E-state index is 0.0842. The molecule has 0 radical (unpaired) electrons. The first kappa shape index (κ1) is 18.8. The van der Waals surface area contributed by atoms with E-state index < -0.39 is 17.8 Å². The zero-order chi connectivity index (χ0) is 18.9. The van der Waals surface area contributed by atoms with Crippen LogP contribution in [0, 0.1) is 0 Å². The Bertz CT molecular complexity index is 789. The summed E-state index contributed by atoms with van der Waals surface area (Å²) in [5, 5.41) is 13.6. The first-order valence-electron chi connectivity index (χ1n) is 7.69. The predicted octanol–water partition coefficient (Wildman–Crippen LogP) is 1.53. The van der Waals surface area contributed by atoms with Gasteiger partial charge in [-0.15, -0.1) is 0 Å². The minimum Gasteiger partial charge on any atom is -0.493 e. The van der Waals surface area contributed by atoms with Crippen molar-refractivity contribution < 1.29 is 29.0 Å². The van der Waals surface area contributed by atoms with Gasteiger partial charge in [-0.3, -0.25) is 9.59 Å². The fourth-order valence-electron chi connectivity index (χ4n) is 2.03. The van der Waals surface area contributed by atoms with E-state index in [2.05, 4.69) is 10.6 Å². The fourth-order valence-corrected chi connectivity index (χ4v) is 2.03. The Labute approximate surface area is 149 Å². The lowest BCUT2D eigenvalue weighted by Crippen LogP contribution is -2.37. The topological polar surface area (TPSA) is 114 Å². The summed E-state index contributed by atoms with van der Waals surface area (Å²) in [6, 6.07) is 12.5. The summed E-state index contributed by atoms with van der Waals surface area (Å²) in [5.41, 5.74) is 0.404. The number of amides is 2. The van der Waals surface area contributed by atoms with Crippen molar-refractivity contribution in [1.29, 1.82) is 0 Å². The zero-order valence-electron chi connectivity index (χ0n) is 14.0. The molecule has 8 heteroatoms. The summed E-state index contributed by atoms with van der Waals surface area (Å²) in [5.74, 6) is -1.65. The van der Waals surface area contributed by atoms with E-state index in [1.807, 2.05) is 0 Å². The number of anilines is 1. The van der Waals surface area contributed by atoms with Crippen molar-refractivity contribution in [2.45, 2.75) is 0 Å². The van der Waals surface area contributed by atoms with Gasteiger partial charge in [0.25, 0.3) is 0 Å². The smallest absolute Gasteiger partial charge is 0.335 e. The van der Waals surface area contributed by atoms with E-state index in [1.165, 1.54) is 31.4 Å². The molecule has 0 unspecified atom stereocenters. The average molecular weight is 358 g/mol. The van der Waals surface area contributed by atoms with Crippen molar-refractivity contribution >= 4 is 23.5 Å². The van der Waals surface area contributed by atoms with Crippen LogP contribution in [-0.4, -0.2) is 43.2 Å². The average Bonchev–Trinajstić information content (AvgIpc) is 2.65. The van der Waals surface area contributed by atoms with Crippen LogP contribution in [0.2, 0.25) is 0 Å². The van der Waals surface area contributed by atoms with Gasteiger partial charge in [-0.1, -0.05) is 12.1 Å². The van der Waals surface area contributed by atoms with Crippen LogP contribution in [0.4, 0.5) is 5.69 Å². The molecule has 0 saturated carbocycles. The number of carboxylic acids is 1. The van der Waals surface area contributed by atoms with Gasteiger partial charge in [-0.25, -0.2) is 4.79 Å². The Morgan fingerprint density at radius 1 is 0.962 bits per heavy atom. The molecule has 0 aliphatic heterocycles. The van der Waals surface area contributed by atoms with Gasteiger partial charge in [-0.05, 0) is 36.4 Å². The highest BCUT2D eigenvalue weighted by atomic mass is 16.5. The summed E-state index contributed by atoms with van der Waals surface area (Å²) in [6.07, 6.45) is 0. The first-order chi connectivity index (χ1) is 12.5. The van der Waals surface area contributed by atoms with Crippen LogP contribution in [0.25, 0.3) is 0 Å². The van der Waals surface area contributed by atoms with E-state index in [4.69, 9.17) is 14.6 Å². The number of methoxy groups -OCH3 is 1. The summed E-state index contributed by atoms with van der Waals surface area (Å²) < 4.78 is 10.6. The molecule has 2 rings (SSSR count). The molecule has 136 valence electrons. The Morgan fingerprint density at radius 2 is 1.62 bits per heavy atom. The maximum absolute atomic E-state index is 11.8. The lowest BCUT2D eigenvalue weighted by atomic mass is 10.2. The molecule has 0 heterocycles. The number of carboxylic acid groups (broad SMARTS) is 1. The van der Waals surface area contributed by atoms with Crippen molar-refractivity contribution in [1.82, 2.24) is 5.32 Å². The second-order valence-electron chi connectivity index (χ2n) is 5.09. The largest absolute Gasteiger partial charge is 0.493 e. The van der Waals surface area contributed by atoms with Gasteiger partial charge in [0.1, 0.15) is 6.61 Å². The molecule has 8 nitrogen and oxygen atoms in total. The van der Waals surface area contributed by atoms with E-state index >= 15 is 0 Å². The molecule has 0 aromatic heterocycles. The number of carbonyl (C=O) groups is 3. The molecule has 2 aromatic carbocycles. The van der Waals surface area contributed by atoms with Gasteiger partial charge in [0.2, 0.25) is 0 Å². The van der Waals surface area contributed by atoms with Gasteiger partial charge in [0, 0.05) is 5.69 Å². The number of rotatable bonds is 7. The summed E-state index contributed by atoms with van der Waals surface area (Å²) in [7, 11) is 1.53. The fraction of sp³-hybridized carbons (Fsp3) is 0.167. The number of aromatic carboxylic acids is 1. The van der Waals surface area contributed by atoms with E-state index in [0.717, 1.165) is 0 Å². The number of nitrogens with one attached hydrogen (secondary N) is 2. The Morgan fingerprint density at radius 3 is 2.23 bits per heavy atom. The van der Waals surface area contributed by atoms with Crippen molar-refractivity contribution in [2.24, 2.45) is 0 Å². The maximum atomic E-state index is 11.8. The van der Waals surface area contributed by atoms with E-state index in [-0.39, 0.29) is 18.7 Å². The van der Waals surface area contributed by atoms with Crippen LogP contribution in [0.3, 0.4) is 0 Å². The van der Waals surface area contributed by atoms with E-state index in [1.54, 1.807) is 24.3 Å². The van der Waals surface area contributed by atoms with Crippen LogP contribution >= 0.6 is 0 Å². The zero-order valence-corrected chi connectivity index (χ0v) is 14.0. The molecule has 2 aromatic rings.